The Morgan fingerprint density at radius 2 is 1.74 bits per heavy atom. The van der Waals surface area contributed by atoms with Crippen LogP contribution in [0.4, 0.5) is 10.5 Å². The molecule has 0 saturated heterocycles. The maximum Gasteiger partial charge on any atom is 0.407 e. The number of amides is 1. The lowest BCUT2D eigenvalue weighted by atomic mass is 9.96. The van der Waals surface area contributed by atoms with Crippen molar-refractivity contribution in [3.05, 3.63) is 102 Å². The molecule has 1 amide bonds. The molecule has 0 saturated carbocycles. The average molecular weight is 514 g/mol. The zero-order valence-electron chi connectivity index (χ0n) is 22.1. The summed E-state index contributed by atoms with van der Waals surface area (Å²) < 4.78 is 11.3. The van der Waals surface area contributed by atoms with Crippen LogP contribution in [0.15, 0.2) is 91.3 Å². The number of hydrogen-bond acceptors (Lipinski definition) is 6. The quantitative estimate of drug-likeness (QED) is 0.229. The Morgan fingerprint density at radius 1 is 0.974 bits per heavy atom. The minimum atomic E-state index is -0.978. The predicted molar refractivity (Wildman–Crippen MR) is 150 cm³/mol. The van der Waals surface area contributed by atoms with E-state index in [9.17, 15) is 9.90 Å². The molecule has 198 valence electrons. The number of benzene rings is 3. The van der Waals surface area contributed by atoms with Gasteiger partial charge in [-0.2, -0.15) is 0 Å². The van der Waals surface area contributed by atoms with Gasteiger partial charge in [-0.3, -0.25) is 4.98 Å². The molecule has 3 aromatic carbocycles. The fourth-order valence-electron chi connectivity index (χ4n) is 4.11. The van der Waals surface area contributed by atoms with Gasteiger partial charge in [-0.25, -0.2) is 4.79 Å². The molecule has 0 aliphatic rings. The van der Waals surface area contributed by atoms with Crippen molar-refractivity contribution in [2.24, 2.45) is 0 Å². The van der Waals surface area contributed by atoms with Gasteiger partial charge in [0.1, 0.15) is 17.6 Å². The fourth-order valence-corrected chi connectivity index (χ4v) is 4.11. The molecule has 2 unspecified atom stereocenters. The van der Waals surface area contributed by atoms with E-state index in [1.54, 1.807) is 12.4 Å². The first-order valence-electron chi connectivity index (χ1n) is 12.8. The van der Waals surface area contributed by atoms with Crippen molar-refractivity contribution in [1.82, 2.24) is 10.3 Å². The van der Waals surface area contributed by atoms with Crippen LogP contribution in [-0.4, -0.2) is 41.2 Å². The molecule has 0 fully saturated rings. The number of pyridine rings is 1. The molecular weight excluding hydrogens is 478 g/mol. The van der Waals surface area contributed by atoms with Gasteiger partial charge >= 0.3 is 6.09 Å². The number of aromatic nitrogens is 1. The minimum absolute atomic E-state index is 0.175. The Balaban J connectivity index is 1.45. The van der Waals surface area contributed by atoms with Crippen molar-refractivity contribution in [3.63, 3.8) is 0 Å². The number of alkyl carbamates (subject to hydrolysis) is 1. The summed E-state index contributed by atoms with van der Waals surface area (Å²) in [5.74, 6) is 0.295. The first-order chi connectivity index (χ1) is 18.3. The van der Waals surface area contributed by atoms with Crippen molar-refractivity contribution in [3.8, 4) is 5.75 Å². The molecule has 1 heterocycles. The summed E-state index contributed by atoms with van der Waals surface area (Å²) in [6, 6.07) is 25.5. The lowest BCUT2D eigenvalue weighted by Crippen LogP contribution is -2.39. The second-order valence-electron chi connectivity index (χ2n) is 10.2. The topological polar surface area (TPSA) is 92.7 Å². The molecule has 4 rings (SSSR count). The number of carbonyl (C=O) groups is 1. The smallest absolute Gasteiger partial charge is 0.407 e. The number of aliphatic hydroxyl groups is 1. The lowest BCUT2D eigenvalue weighted by molar-refractivity contribution is 0.0514. The first-order valence-corrected chi connectivity index (χ1v) is 12.8. The number of nitrogens with one attached hydrogen (secondary N) is 2. The SMILES string of the molecule is CC(C)(C)OC(=O)NCC(c1ccc(OCCc2ccccc2)cc1)C(O)Nc1ccc2cnccc2c1. The highest BCUT2D eigenvalue weighted by atomic mass is 16.6. The Bertz CT molecular complexity index is 1320. The van der Waals surface area contributed by atoms with Crippen LogP contribution in [0.1, 0.15) is 37.8 Å². The van der Waals surface area contributed by atoms with Crippen molar-refractivity contribution in [1.29, 1.82) is 0 Å². The molecule has 4 aromatic rings. The van der Waals surface area contributed by atoms with E-state index >= 15 is 0 Å². The number of nitrogens with zero attached hydrogens (tertiary/aromatic N) is 1. The molecule has 2 atom stereocenters. The second-order valence-corrected chi connectivity index (χ2v) is 10.2. The zero-order valence-corrected chi connectivity index (χ0v) is 22.1. The van der Waals surface area contributed by atoms with Gasteiger partial charge in [0, 0.05) is 42.4 Å². The predicted octanol–water partition coefficient (Wildman–Crippen LogP) is 5.90. The van der Waals surface area contributed by atoms with Gasteiger partial charge in [0.05, 0.1) is 6.61 Å². The van der Waals surface area contributed by atoms with Crippen LogP contribution in [0.3, 0.4) is 0 Å². The largest absolute Gasteiger partial charge is 0.493 e. The van der Waals surface area contributed by atoms with Crippen LogP contribution in [0.25, 0.3) is 10.8 Å². The number of carbonyl (C=O) groups excluding carboxylic acids is 1. The number of ether oxygens (including phenoxy) is 2. The third-order valence-electron chi connectivity index (χ3n) is 6.01. The van der Waals surface area contributed by atoms with Gasteiger partial charge < -0.3 is 25.2 Å². The van der Waals surface area contributed by atoms with Gasteiger partial charge in [0.25, 0.3) is 0 Å². The summed E-state index contributed by atoms with van der Waals surface area (Å²) in [5, 5.41) is 19.2. The van der Waals surface area contributed by atoms with E-state index < -0.39 is 23.8 Å². The van der Waals surface area contributed by atoms with Gasteiger partial charge in [0.15, 0.2) is 0 Å². The van der Waals surface area contributed by atoms with Crippen LogP contribution in [0.5, 0.6) is 5.75 Å². The maximum atomic E-state index is 12.3. The Kier molecular flexibility index (Phi) is 8.81. The fraction of sp³-hybridized carbons (Fsp3) is 0.290. The molecule has 0 bridgehead atoms. The standard InChI is InChI=1S/C31H35N3O4/c1-31(2,3)38-30(36)33-21-28(29(35)34-26-12-9-25-20-32-17-15-24(25)19-26)23-10-13-27(14-11-23)37-18-16-22-7-5-4-6-8-22/h4-15,17,19-20,28-29,34-35H,16,18,21H2,1-3H3,(H,33,36). The van der Waals surface area contributed by atoms with E-state index in [1.807, 2.05) is 87.5 Å². The molecule has 0 spiro atoms. The molecule has 0 aliphatic heterocycles. The third-order valence-corrected chi connectivity index (χ3v) is 6.01. The monoisotopic (exact) mass is 513 g/mol. The van der Waals surface area contributed by atoms with Crippen molar-refractivity contribution >= 4 is 22.6 Å². The first kappa shape index (κ1) is 26.9. The van der Waals surface area contributed by atoms with Gasteiger partial charge in [-0.1, -0.05) is 48.5 Å². The van der Waals surface area contributed by atoms with Crippen LogP contribution in [0, 0.1) is 0 Å². The van der Waals surface area contributed by atoms with Gasteiger partial charge in [-0.15, -0.1) is 0 Å². The van der Waals surface area contributed by atoms with Crippen molar-refractivity contribution < 1.29 is 19.4 Å². The Labute approximate surface area is 223 Å². The number of hydrogen-bond donors (Lipinski definition) is 3. The summed E-state index contributed by atoms with van der Waals surface area (Å²) in [5.41, 5.74) is 2.21. The highest BCUT2D eigenvalue weighted by Crippen LogP contribution is 2.26. The number of aliphatic hydroxyl groups excluding tert-OH is 1. The normalized spacial score (nSPS) is 12.9. The lowest BCUT2D eigenvalue weighted by Gasteiger charge is -2.27. The summed E-state index contributed by atoms with van der Waals surface area (Å²) in [4.78, 5) is 16.5. The second kappa shape index (κ2) is 12.4. The molecule has 7 heteroatoms. The molecule has 0 radical (unpaired) electrons. The Hall–Kier alpha value is -4.10. The number of fused-ring (bicyclic) bond motifs is 1. The molecule has 7 nitrogen and oxygen atoms in total. The van der Waals surface area contributed by atoms with E-state index in [0.29, 0.717) is 6.61 Å². The summed E-state index contributed by atoms with van der Waals surface area (Å²) in [6.45, 7) is 6.17. The number of rotatable bonds is 10. The van der Waals surface area contributed by atoms with Crippen LogP contribution in [-0.2, 0) is 11.2 Å². The summed E-state index contributed by atoms with van der Waals surface area (Å²) in [7, 11) is 0. The summed E-state index contributed by atoms with van der Waals surface area (Å²) in [6.07, 6.45) is 2.84. The molecule has 3 N–H and O–H groups in total. The van der Waals surface area contributed by atoms with Gasteiger partial charge in [0.2, 0.25) is 0 Å². The Morgan fingerprint density at radius 3 is 2.47 bits per heavy atom. The van der Waals surface area contributed by atoms with E-state index in [0.717, 1.165) is 34.2 Å². The van der Waals surface area contributed by atoms with Crippen molar-refractivity contribution in [2.45, 2.75) is 44.9 Å². The summed E-state index contributed by atoms with van der Waals surface area (Å²) >= 11 is 0. The third kappa shape index (κ3) is 7.95. The van der Waals surface area contributed by atoms with Gasteiger partial charge in [-0.05, 0) is 67.6 Å². The van der Waals surface area contributed by atoms with Crippen LogP contribution >= 0.6 is 0 Å². The molecule has 1 aromatic heterocycles. The van der Waals surface area contributed by atoms with E-state index in [4.69, 9.17) is 9.47 Å². The highest BCUT2D eigenvalue weighted by molar-refractivity contribution is 5.84. The molecule has 0 aliphatic carbocycles. The van der Waals surface area contributed by atoms with E-state index in [-0.39, 0.29) is 6.54 Å². The van der Waals surface area contributed by atoms with Crippen LogP contribution < -0.4 is 15.4 Å². The van der Waals surface area contributed by atoms with E-state index in [2.05, 4.69) is 27.8 Å². The highest BCUT2D eigenvalue weighted by Gasteiger charge is 2.24. The number of anilines is 1. The average Bonchev–Trinajstić information content (AvgIpc) is 2.89. The van der Waals surface area contributed by atoms with E-state index in [1.165, 1.54) is 5.56 Å². The van der Waals surface area contributed by atoms with Crippen molar-refractivity contribution in [2.75, 3.05) is 18.5 Å². The maximum absolute atomic E-state index is 12.3. The zero-order chi connectivity index (χ0) is 27.0. The van der Waals surface area contributed by atoms with Crippen LogP contribution in [0.2, 0.25) is 0 Å². The molecule has 38 heavy (non-hydrogen) atoms. The molecular formula is C31H35N3O4. The minimum Gasteiger partial charge on any atom is -0.493 e.